The SMILES string of the molecule is Cc1ccc(OCC(C)NC2CCc3ccccc32)cc1. The van der Waals surface area contributed by atoms with Gasteiger partial charge in [-0.05, 0) is 49.9 Å². The summed E-state index contributed by atoms with van der Waals surface area (Å²) in [5.41, 5.74) is 4.21. The van der Waals surface area contributed by atoms with Crippen molar-refractivity contribution in [2.45, 2.75) is 38.8 Å². The Hall–Kier alpha value is -1.80. The number of hydrogen-bond donors (Lipinski definition) is 1. The Balaban J connectivity index is 1.53. The molecule has 110 valence electrons. The van der Waals surface area contributed by atoms with Crippen molar-refractivity contribution < 1.29 is 4.74 Å². The number of benzene rings is 2. The topological polar surface area (TPSA) is 21.3 Å². The third-order valence-corrected chi connectivity index (χ3v) is 4.14. The summed E-state index contributed by atoms with van der Waals surface area (Å²) in [6.07, 6.45) is 2.37. The summed E-state index contributed by atoms with van der Waals surface area (Å²) < 4.78 is 5.86. The van der Waals surface area contributed by atoms with Crippen LogP contribution >= 0.6 is 0 Å². The fourth-order valence-corrected chi connectivity index (χ4v) is 2.98. The molecular weight excluding hydrogens is 258 g/mol. The molecule has 0 amide bonds. The van der Waals surface area contributed by atoms with Crippen LogP contribution in [0, 0.1) is 6.92 Å². The van der Waals surface area contributed by atoms with E-state index in [1.54, 1.807) is 0 Å². The molecule has 2 aromatic carbocycles. The Labute approximate surface area is 127 Å². The first-order valence-electron chi connectivity index (χ1n) is 7.75. The van der Waals surface area contributed by atoms with Crippen molar-refractivity contribution in [2.75, 3.05) is 6.61 Å². The van der Waals surface area contributed by atoms with Crippen molar-refractivity contribution in [2.24, 2.45) is 0 Å². The zero-order valence-corrected chi connectivity index (χ0v) is 12.8. The molecule has 2 unspecified atom stereocenters. The Kier molecular flexibility index (Phi) is 4.26. The average molecular weight is 281 g/mol. The molecule has 21 heavy (non-hydrogen) atoms. The maximum atomic E-state index is 5.86. The van der Waals surface area contributed by atoms with Crippen LogP contribution in [0.3, 0.4) is 0 Å². The minimum Gasteiger partial charge on any atom is -0.492 e. The van der Waals surface area contributed by atoms with Crippen LogP contribution in [0.15, 0.2) is 48.5 Å². The first-order chi connectivity index (χ1) is 10.2. The number of aryl methyl sites for hydroxylation is 2. The number of nitrogens with one attached hydrogen (secondary N) is 1. The van der Waals surface area contributed by atoms with E-state index < -0.39 is 0 Å². The number of fused-ring (bicyclic) bond motifs is 1. The van der Waals surface area contributed by atoms with Crippen molar-refractivity contribution in [3.8, 4) is 5.75 Å². The van der Waals surface area contributed by atoms with Gasteiger partial charge in [0.1, 0.15) is 12.4 Å². The van der Waals surface area contributed by atoms with Gasteiger partial charge in [-0.15, -0.1) is 0 Å². The average Bonchev–Trinajstić information content (AvgIpc) is 2.90. The first kappa shape index (κ1) is 14.2. The molecule has 0 saturated carbocycles. The van der Waals surface area contributed by atoms with Gasteiger partial charge in [0.2, 0.25) is 0 Å². The molecule has 2 atom stereocenters. The number of rotatable bonds is 5. The molecule has 0 radical (unpaired) electrons. The van der Waals surface area contributed by atoms with Crippen LogP contribution in [-0.2, 0) is 6.42 Å². The minimum atomic E-state index is 0.336. The van der Waals surface area contributed by atoms with Crippen LogP contribution in [0.5, 0.6) is 5.75 Å². The third-order valence-electron chi connectivity index (χ3n) is 4.14. The fourth-order valence-electron chi connectivity index (χ4n) is 2.98. The Morgan fingerprint density at radius 1 is 1.14 bits per heavy atom. The molecule has 0 saturated heterocycles. The molecule has 2 aromatic rings. The molecule has 0 aliphatic heterocycles. The molecule has 1 aliphatic rings. The highest BCUT2D eigenvalue weighted by molar-refractivity contribution is 5.34. The van der Waals surface area contributed by atoms with Gasteiger partial charge in [0.25, 0.3) is 0 Å². The zero-order valence-electron chi connectivity index (χ0n) is 12.8. The van der Waals surface area contributed by atoms with Gasteiger partial charge in [0.05, 0.1) is 0 Å². The maximum absolute atomic E-state index is 5.86. The highest BCUT2D eigenvalue weighted by Crippen LogP contribution is 2.30. The number of hydrogen-bond acceptors (Lipinski definition) is 2. The van der Waals surface area contributed by atoms with Gasteiger partial charge in [0.15, 0.2) is 0 Å². The van der Waals surface area contributed by atoms with Crippen molar-refractivity contribution >= 4 is 0 Å². The van der Waals surface area contributed by atoms with E-state index in [2.05, 4.69) is 55.6 Å². The predicted octanol–water partition coefficient (Wildman–Crippen LogP) is 4.04. The maximum Gasteiger partial charge on any atom is 0.119 e. The van der Waals surface area contributed by atoms with E-state index in [0.29, 0.717) is 18.7 Å². The highest BCUT2D eigenvalue weighted by Gasteiger charge is 2.22. The van der Waals surface area contributed by atoms with Gasteiger partial charge in [0, 0.05) is 12.1 Å². The van der Waals surface area contributed by atoms with Crippen molar-refractivity contribution in [1.82, 2.24) is 5.32 Å². The lowest BCUT2D eigenvalue weighted by molar-refractivity contribution is 0.261. The number of ether oxygens (including phenoxy) is 1. The monoisotopic (exact) mass is 281 g/mol. The zero-order chi connectivity index (χ0) is 14.7. The van der Waals surface area contributed by atoms with Gasteiger partial charge in [-0.25, -0.2) is 0 Å². The van der Waals surface area contributed by atoms with Crippen molar-refractivity contribution in [3.63, 3.8) is 0 Å². The largest absolute Gasteiger partial charge is 0.492 e. The van der Waals surface area contributed by atoms with E-state index >= 15 is 0 Å². The second-order valence-corrected chi connectivity index (χ2v) is 5.98. The molecule has 0 heterocycles. The van der Waals surface area contributed by atoms with E-state index in [-0.39, 0.29) is 0 Å². The summed E-state index contributed by atoms with van der Waals surface area (Å²) in [6.45, 7) is 4.97. The lowest BCUT2D eigenvalue weighted by Gasteiger charge is -2.20. The normalized spacial score (nSPS) is 18.3. The summed E-state index contributed by atoms with van der Waals surface area (Å²) in [6, 6.07) is 17.8. The van der Waals surface area contributed by atoms with Crippen LogP contribution in [-0.4, -0.2) is 12.6 Å². The quantitative estimate of drug-likeness (QED) is 0.893. The second kappa shape index (κ2) is 6.31. The van der Waals surface area contributed by atoms with Gasteiger partial charge >= 0.3 is 0 Å². The smallest absolute Gasteiger partial charge is 0.119 e. The fraction of sp³-hybridized carbons (Fsp3) is 0.368. The van der Waals surface area contributed by atoms with Crippen LogP contribution in [0.2, 0.25) is 0 Å². The highest BCUT2D eigenvalue weighted by atomic mass is 16.5. The molecule has 0 bridgehead atoms. The molecule has 0 fully saturated rings. The van der Waals surface area contributed by atoms with E-state index in [0.717, 1.165) is 5.75 Å². The third kappa shape index (κ3) is 3.45. The van der Waals surface area contributed by atoms with Gasteiger partial charge in [-0.3, -0.25) is 0 Å². The van der Waals surface area contributed by atoms with Crippen LogP contribution in [0.1, 0.15) is 36.1 Å². The van der Waals surface area contributed by atoms with Crippen molar-refractivity contribution in [3.05, 3.63) is 65.2 Å². The molecule has 1 N–H and O–H groups in total. The van der Waals surface area contributed by atoms with Crippen LogP contribution < -0.4 is 10.1 Å². The summed E-state index contributed by atoms with van der Waals surface area (Å²) in [5, 5.41) is 3.69. The summed E-state index contributed by atoms with van der Waals surface area (Å²) in [5.74, 6) is 0.945. The van der Waals surface area contributed by atoms with E-state index in [1.165, 1.54) is 29.5 Å². The Morgan fingerprint density at radius 3 is 2.71 bits per heavy atom. The van der Waals surface area contributed by atoms with E-state index in [4.69, 9.17) is 4.74 Å². The predicted molar refractivity (Wildman–Crippen MR) is 86.8 cm³/mol. The van der Waals surface area contributed by atoms with E-state index in [9.17, 15) is 0 Å². The van der Waals surface area contributed by atoms with E-state index in [1.807, 2.05) is 12.1 Å². The van der Waals surface area contributed by atoms with Gasteiger partial charge in [-0.2, -0.15) is 0 Å². The van der Waals surface area contributed by atoms with Gasteiger partial charge < -0.3 is 10.1 Å². The lowest BCUT2D eigenvalue weighted by Crippen LogP contribution is -2.34. The Morgan fingerprint density at radius 2 is 1.90 bits per heavy atom. The summed E-state index contributed by atoms with van der Waals surface area (Å²) >= 11 is 0. The van der Waals surface area contributed by atoms with Crippen LogP contribution in [0.4, 0.5) is 0 Å². The molecular formula is C19H23NO. The Bertz CT molecular complexity index is 591. The molecule has 0 spiro atoms. The van der Waals surface area contributed by atoms with Crippen LogP contribution in [0.25, 0.3) is 0 Å². The molecule has 2 nitrogen and oxygen atoms in total. The first-order valence-corrected chi connectivity index (χ1v) is 7.75. The molecule has 3 rings (SSSR count). The second-order valence-electron chi connectivity index (χ2n) is 5.98. The lowest BCUT2D eigenvalue weighted by atomic mass is 10.1. The summed E-state index contributed by atoms with van der Waals surface area (Å²) in [4.78, 5) is 0. The van der Waals surface area contributed by atoms with Gasteiger partial charge in [-0.1, -0.05) is 42.0 Å². The molecule has 2 heteroatoms. The summed E-state index contributed by atoms with van der Waals surface area (Å²) in [7, 11) is 0. The van der Waals surface area contributed by atoms with Crippen molar-refractivity contribution in [1.29, 1.82) is 0 Å². The minimum absolute atomic E-state index is 0.336. The molecule has 0 aromatic heterocycles. The molecule has 1 aliphatic carbocycles. The standard InChI is InChI=1S/C19H23NO/c1-14-7-10-17(11-8-14)21-13-15(2)20-19-12-9-16-5-3-4-6-18(16)19/h3-8,10-11,15,19-20H,9,12-13H2,1-2H3.